The first-order valence-corrected chi connectivity index (χ1v) is 6.25. The van der Waals surface area contributed by atoms with E-state index in [9.17, 15) is 0 Å². The molecule has 1 aliphatic heterocycles. The van der Waals surface area contributed by atoms with E-state index in [0.717, 1.165) is 30.6 Å². The number of para-hydroxylation sites is 2. The molecule has 3 rings (SSSR count). The van der Waals surface area contributed by atoms with Crippen molar-refractivity contribution in [1.82, 2.24) is 10.3 Å². The third-order valence-corrected chi connectivity index (χ3v) is 3.20. The summed E-state index contributed by atoms with van der Waals surface area (Å²) in [6.45, 7) is 2.18. The van der Waals surface area contributed by atoms with Gasteiger partial charge in [0.25, 0.3) is 6.01 Å². The van der Waals surface area contributed by atoms with Gasteiger partial charge in [-0.25, -0.2) is 0 Å². The maximum absolute atomic E-state index is 5.67. The van der Waals surface area contributed by atoms with Crippen molar-refractivity contribution in [3.05, 3.63) is 24.3 Å². The molecule has 4 heteroatoms. The van der Waals surface area contributed by atoms with Crippen LogP contribution in [0, 0.1) is 0 Å². The zero-order valence-electron chi connectivity index (χ0n) is 9.78. The zero-order chi connectivity index (χ0) is 11.5. The molecule has 1 saturated heterocycles. The molecule has 2 N–H and O–H groups in total. The molecule has 1 fully saturated rings. The molecule has 0 bridgehead atoms. The van der Waals surface area contributed by atoms with Crippen molar-refractivity contribution in [3.8, 4) is 0 Å². The molecule has 2 heterocycles. The van der Waals surface area contributed by atoms with Crippen molar-refractivity contribution < 1.29 is 4.42 Å². The predicted octanol–water partition coefficient (Wildman–Crippen LogP) is 2.38. The molecule has 0 aliphatic carbocycles. The average molecular weight is 231 g/mol. The summed E-state index contributed by atoms with van der Waals surface area (Å²) in [5.41, 5.74) is 1.77. The lowest BCUT2D eigenvalue weighted by Crippen LogP contribution is -2.21. The van der Waals surface area contributed by atoms with Gasteiger partial charge in [-0.05, 0) is 44.5 Å². The van der Waals surface area contributed by atoms with Crippen molar-refractivity contribution >= 4 is 17.1 Å². The number of nitrogens with one attached hydrogen (secondary N) is 2. The molecule has 1 aromatic carbocycles. The van der Waals surface area contributed by atoms with E-state index in [4.69, 9.17) is 4.42 Å². The zero-order valence-corrected chi connectivity index (χ0v) is 9.78. The van der Waals surface area contributed by atoms with Gasteiger partial charge in [0.15, 0.2) is 5.58 Å². The second-order valence-corrected chi connectivity index (χ2v) is 4.51. The smallest absolute Gasteiger partial charge is 0.295 e. The molecule has 1 unspecified atom stereocenters. The van der Waals surface area contributed by atoms with Gasteiger partial charge < -0.3 is 15.1 Å². The number of hydrogen-bond acceptors (Lipinski definition) is 4. The third kappa shape index (κ3) is 2.42. The second-order valence-electron chi connectivity index (χ2n) is 4.51. The Morgan fingerprint density at radius 1 is 1.24 bits per heavy atom. The van der Waals surface area contributed by atoms with Crippen LogP contribution in [0.3, 0.4) is 0 Å². The monoisotopic (exact) mass is 231 g/mol. The third-order valence-electron chi connectivity index (χ3n) is 3.20. The quantitative estimate of drug-likeness (QED) is 0.833. The van der Waals surface area contributed by atoms with Crippen LogP contribution in [0.25, 0.3) is 11.1 Å². The van der Waals surface area contributed by atoms with Crippen LogP contribution in [-0.4, -0.2) is 24.1 Å². The van der Waals surface area contributed by atoms with E-state index in [1.165, 1.54) is 12.8 Å². The van der Waals surface area contributed by atoms with E-state index >= 15 is 0 Å². The SMILES string of the molecule is c1ccc2oc(NC3CCCNCC3)nc2c1. The summed E-state index contributed by atoms with van der Waals surface area (Å²) >= 11 is 0. The standard InChI is InChI=1S/C13H17N3O/c1-2-6-12-11(5-1)16-13(17-12)15-10-4-3-8-14-9-7-10/h1-2,5-6,10,14H,3-4,7-9H2,(H,15,16). The average Bonchev–Trinajstić information content (AvgIpc) is 2.57. The van der Waals surface area contributed by atoms with Gasteiger partial charge in [0.2, 0.25) is 0 Å². The summed E-state index contributed by atoms with van der Waals surface area (Å²) in [6, 6.07) is 8.98. The molecule has 17 heavy (non-hydrogen) atoms. The lowest BCUT2D eigenvalue weighted by molar-refractivity contribution is 0.568. The minimum Gasteiger partial charge on any atom is -0.424 e. The number of anilines is 1. The molecule has 0 spiro atoms. The molecule has 1 aliphatic rings. The molecule has 0 radical (unpaired) electrons. The summed E-state index contributed by atoms with van der Waals surface area (Å²) in [6.07, 6.45) is 3.50. The van der Waals surface area contributed by atoms with Gasteiger partial charge in [0.1, 0.15) is 5.52 Å². The number of benzene rings is 1. The lowest BCUT2D eigenvalue weighted by Gasteiger charge is -2.13. The summed E-state index contributed by atoms with van der Waals surface area (Å²) in [7, 11) is 0. The van der Waals surface area contributed by atoms with Gasteiger partial charge in [0, 0.05) is 6.04 Å². The van der Waals surface area contributed by atoms with Gasteiger partial charge >= 0.3 is 0 Å². The molecular weight excluding hydrogens is 214 g/mol. The van der Waals surface area contributed by atoms with Crippen LogP contribution in [0.1, 0.15) is 19.3 Å². The van der Waals surface area contributed by atoms with Crippen LogP contribution >= 0.6 is 0 Å². The molecule has 4 nitrogen and oxygen atoms in total. The number of oxazole rings is 1. The fourth-order valence-corrected chi connectivity index (χ4v) is 2.27. The Morgan fingerprint density at radius 2 is 2.18 bits per heavy atom. The fraction of sp³-hybridized carbons (Fsp3) is 0.462. The number of nitrogens with zero attached hydrogens (tertiary/aromatic N) is 1. The largest absolute Gasteiger partial charge is 0.424 e. The van der Waals surface area contributed by atoms with Crippen molar-refractivity contribution in [2.75, 3.05) is 18.4 Å². The summed E-state index contributed by atoms with van der Waals surface area (Å²) in [5, 5.41) is 6.79. The summed E-state index contributed by atoms with van der Waals surface area (Å²) in [4.78, 5) is 4.44. The van der Waals surface area contributed by atoms with Crippen molar-refractivity contribution in [3.63, 3.8) is 0 Å². The van der Waals surface area contributed by atoms with Gasteiger partial charge in [-0.2, -0.15) is 4.98 Å². The minimum atomic E-state index is 0.470. The molecule has 2 aromatic rings. The number of rotatable bonds is 2. The lowest BCUT2D eigenvalue weighted by atomic mass is 10.1. The second kappa shape index (κ2) is 4.75. The molecule has 1 atom stereocenters. The Kier molecular flexibility index (Phi) is 2.96. The first-order chi connectivity index (χ1) is 8.42. The van der Waals surface area contributed by atoms with Gasteiger partial charge in [-0.1, -0.05) is 12.1 Å². The highest BCUT2D eigenvalue weighted by Crippen LogP contribution is 2.20. The number of aromatic nitrogens is 1. The van der Waals surface area contributed by atoms with Crippen LogP contribution in [0.5, 0.6) is 0 Å². The molecule has 90 valence electrons. The van der Waals surface area contributed by atoms with Gasteiger partial charge in [-0.15, -0.1) is 0 Å². The van der Waals surface area contributed by atoms with Crippen LogP contribution in [0.15, 0.2) is 28.7 Å². The van der Waals surface area contributed by atoms with Gasteiger partial charge in [-0.3, -0.25) is 0 Å². The van der Waals surface area contributed by atoms with Crippen LogP contribution < -0.4 is 10.6 Å². The maximum Gasteiger partial charge on any atom is 0.295 e. The fourth-order valence-electron chi connectivity index (χ4n) is 2.27. The van der Waals surface area contributed by atoms with Gasteiger partial charge in [0.05, 0.1) is 0 Å². The molecular formula is C13H17N3O. The van der Waals surface area contributed by atoms with E-state index in [1.807, 2.05) is 24.3 Å². The summed E-state index contributed by atoms with van der Waals surface area (Å²) in [5.74, 6) is 0. The van der Waals surface area contributed by atoms with E-state index in [0.29, 0.717) is 12.1 Å². The normalized spacial score (nSPS) is 21.3. The highest BCUT2D eigenvalue weighted by Gasteiger charge is 2.14. The Morgan fingerprint density at radius 3 is 3.12 bits per heavy atom. The molecule has 0 saturated carbocycles. The number of hydrogen-bond donors (Lipinski definition) is 2. The van der Waals surface area contributed by atoms with E-state index in [2.05, 4.69) is 15.6 Å². The van der Waals surface area contributed by atoms with Crippen LogP contribution in [-0.2, 0) is 0 Å². The van der Waals surface area contributed by atoms with Crippen molar-refractivity contribution in [2.24, 2.45) is 0 Å². The molecule has 0 amide bonds. The Hall–Kier alpha value is -1.55. The Balaban J connectivity index is 1.75. The van der Waals surface area contributed by atoms with E-state index < -0.39 is 0 Å². The predicted molar refractivity (Wildman–Crippen MR) is 68.1 cm³/mol. The Labute approximate surface area is 100 Å². The Bertz CT molecular complexity index is 453. The molecule has 1 aromatic heterocycles. The first-order valence-electron chi connectivity index (χ1n) is 6.25. The maximum atomic E-state index is 5.67. The van der Waals surface area contributed by atoms with E-state index in [-0.39, 0.29) is 0 Å². The van der Waals surface area contributed by atoms with Crippen molar-refractivity contribution in [2.45, 2.75) is 25.3 Å². The van der Waals surface area contributed by atoms with Crippen LogP contribution in [0.2, 0.25) is 0 Å². The highest BCUT2D eigenvalue weighted by molar-refractivity contribution is 5.74. The minimum absolute atomic E-state index is 0.470. The summed E-state index contributed by atoms with van der Waals surface area (Å²) < 4.78 is 5.67. The topological polar surface area (TPSA) is 50.1 Å². The van der Waals surface area contributed by atoms with E-state index in [1.54, 1.807) is 0 Å². The van der Waals surface area contributed by atoms with Crippen LogP contribution in [0.4, 0.5) is 6.01 Å². The highest BCUT2D eigenvalue weighted by atomic mass is 16.4. The first kappa shape index (κ1) is 10.6. The van der Waals surface area contributed by atoms with Crippen molar-refractivity contribution in [1.29, 1.82) is 0 Å². The number of fused-ring (bicyclic) bond motifs is 1.